The molecule has 0 aliphatic rings. The predicted octanol–water partition coefficient (Wildman–Crippen LogP) is 5.27. The molecule has 0 saturated heterocycles. The topological polar surface area (TPSA) is 63.3 Å². The average molecular weight is 399 g/mol. The highest BCUT2D eigenvalue weighted by molar-refractivity contribution is 5.77. The van der Waals surface area contributed by atoms with Crippen LogP contribution in [0.15, 0.2) is 18.2 Å². The van der Waals surface area contributed by atoms with Gasteiger partial charge in [0, 0.05) is 0 Å². The summed E-state index contributed by atoms with van der Waals surface area (Å²) in [7, 11) is 0. The quantitative estimate of drug-likeness (QED) is 0.586. The summed E-state index contributed by atoms with van der Waals surface area (Å²) in [5, 5.41) is 9.06. The predicted molar refractivity (Wildman–Crippen MR) is 88.0 cm³/mol. The van der Waals surface area contributed by atoms with Crippen molar-refractivity contribution in [3.05, 3.63) is 34.9 Å². The first kappa shape index (κ1) is 23.3. The normalized spacial score (nSPS) is 16.0. The zero-order valence-corrected chi connectivity index (χ0v) is 15.0. The Labute approximate surface area is 153 Å². The van der Waals surface area contributed by atoms with E-state index < -0.39 is 35.0 Å². The summed E-state index contributed by atoms with van der Waals surface area (Å²) in [4.78, 5) is 11.1. The van der Waals surface area contributed by atoms with Crippen molar-refractivity contribution >= 4 is 5.97 Å². The molecule has 0 bridgehead atoms. The Morgan fingerprint density at radius 1 is 1.07 bits per heavy atom. The highest BCUT2D eigenvalue weighted by atomic mass is 19.4. The van der Waals surface area contributed by atoms with E-state index in [0.717, 1.165) is 12.1 Å². The Kier molecular flexibility index (Phi) is 7.32. The van der Waals surface area contributed by atoms with Crippen molar-refractivity contribution in [1.82, 2.24) is 0 Å². The molecule has 2 atom stereocenters. The maximum atomic E-state index is 12.9. The van der Waals surface area contributed by atoms with E-state index in [2.05, 4.69) is 0 Å². The van der Waals surface area contributed by atoms with Crippen LogP contribution in [0.25, 0.3) is 0 Å². The molecule has 3 N–H and O–H groups in total. The fourth-order valence-electron chi connectivity index (χ4n) is 2.90. The summed E-state index contributed by atoms with van der Waals surface area (Å²) < 4.78 is 77.2. The van der Waals surface area contributed by atoms with Crippen molar-refractivity contribution < 1.29 is 36.2 Å². The average Bonchev–Trinajstić information content (AvgIpc) is 2.51. The molecule has 0 radical (unpaired) electrons. The molecule has 2 unspecified atom stereocenters. The van der Waals surface area contributed by atoms with E-state index in [9.17, 15) is 31.1 Å². The van der Waals surface area contributed by atoms with Crippen LogP contribution in [-0.4, -0.2) is 16.6 Å². The Bertz CT molecular complexity index is 620. The van der Waals surface area contributed by atoms with Crippen LogP contribution in [-0.2, 0) is 23.6 Å². The zero-order chi connectivity index (χ0) is 21.0. The Hall–Kier alpha value is -1.77. The molecular formula is C18H23F6NO2. The molecule has 1 rings (SSSR count). The molecular weight excluding hydrogens is 376 g/mol. The molecule has 0 aliphatic heterocycles. The molecule has 0 saturated carbocycles. The van der Waals surface area contributed by atoms with Gasteiger partial charge in [-0.2, -0.15) is 26.3 Å². The summed E-state index contributed by atoms with van der Waals surface area (Å²) in [6.07, 6.45) is -8.15. The van der Waals surface area contributed by atoms with Crippen LogP contribution < -0.4 is 5.73 Å². The molecule has 27 heavy (non-hydrogen) atoms. The summed E-state index contributed by atoms with van der Waals surface area (Å²) in [5.41, 5.74) is 1.55. The van der Waals surface area contributed by atoms with E-state index in [4.69, 9.17) is 10.8 Å². The fraction of sp³-hybridized carbons (Fsp3) is 0.611. The van der Waals surface area contributed by atoms with Gasteiger partial charge < -0.3 is 10.8 Å². The zero-order valence-electron chi connectivity index (χ0n) is 15.0. The van der Waals surface area contributed by atoms with Gasteiger partial charge in [0.25, 0.3) is 0 Å². The van der Waals surface area contributed by atoms with Crippen molar-refractivity contribution in [2.24, 2.45) is 11.7 Å². The second-order valence-corrected chi connectivity index (χ2v) is 7.01. The smallest absolute Gasteiger partial charge is 0.416 e. The standard InChI is InChI=1S/C18H23F6NO2/c1-3-11(10-16(2,25)15(26)27)5-4-6-12-7-13(17(19,20)21)9-14(8-12)18(22,23)24/h7-9,11H,3-6,10,25H2,1-2H3,(H,26,27). The van der Waals surface area contributed by atoms with E-state index >= 15 is 0 Å². The van der Waals surface area contributed by atoms with Crippen molar-refractivity contribution in [1.29, 1.82) is 0 Å². The van der Waals surface area contributed by atoms with Crippen LogP contribution in [0.2, 0.25) is 0 Å². The highest BCUT2D eigenvalue weighted by Crippen LogP contribution is 2.36. The van der Waals surface area contributed by atoms with Gasteiger partial charge in [-0.1, -0.05) is 19.8 Å². The number of carbonyl (C=O) groups is 1. The molecule has 0 aliphatic carbocycles. The first-order valence-corrected chi connectivity index (χ1v) is 8.47. The van der Waals surface area contributed by atoms with Crippen LogP contribution in [0.5, 0.6) is 0 Å². The number of halogens is 6. The third kappa shape index (κ3) is 7.04. The second kappa shape index (κ2) is 8.50. The maximum absolute atomic E-state index is 12.9. The van der Waals surface area contributed by atoms with Gasteiger partial charge in [0.05, 0.1) is 11.1 Å². The highest BCUT2D eigenvalue weighted by Gasteiger charge is 2.37. The molecule has 0 heterocycles. The molecule has 154 valence electrons. The van der Waals surface area contributed by atoms with Crippen molar-refractivity contribution in [3.63, 3.8) is 0 Å². The van der Waals surface area contributed by atoms with Crippen LogP contribution >= 0.6 is 0 Å². The molecule has 0 spiro atoms. The summed E-state index contributed by atoms with van der Waals surface area (Å²) in [6.45, 7) is 3.20. The number of nitrogens with two attached hydrogens (primary N) is 1. The van der Waals surface area contributed by atoms with Crippen molar-refractivity contribution in [3.8, 4) is 0 Å². The number of hydrogen-bond donors (Lipinski definition) is 2. The minimum absolute atomic E-state index is 0.0257. The number of carboxylic acid groups (broad SMARTS) is 1. The number of alkyl halides is 6. The molecule has 0 fully saturated rings. The molecule has 9 heteroatoms. The molecule has 0 amide bonds. The minimum atomic E-state index is -4.87. The third-order valence-electron chi connectivity index (χ3n) is 4.50. The van der Waals surface area contributed by atoms with E-state index in [1.54, 1.807) is 0 Å². The van der Waals surface area contributed by atoms with E-state index in [0.29, 0.717) is 19.3 Å². The van der Waals surface area contributed by atoms with Gasteiger partial charge in [0.2, 0.25) is 0 Å². The number of rotatable bonds is 8. The summed E-state index contributed by atoms with van der Waals surface area (Å²) in [5.74, 6) is -1.25. The number of hydrogen-bond acceptors (Lipinski definition) is 2. The van der Waals surface area contributed by atoms with Crippen LogP contribution in [0.3, 0.4) is 0 Å². The van der Waals surface area contributed by atoms with Crippen LogP contribution in [0, 0.1) is 5.92 Å². The number of aryl methyl sites for hydroxylation is 1. The van der Waals surface area contributed by atoms with Gasteiger partial charge in [0.1, 0.15) is 5.54 Å². The van der Waals surface area contributed by atoms with Crippen molar-refractivity contribution in [2.45, 2.75) is 63.8 Å². The van der Waals surface area contributed by atoms with Gasteiger partial charge in [-0.3, -0.25) is 4.79 Å². The van der Waals surface area contributed by atoms with Crippen LogP contribution in [0.4, 0.5) is 26.3 Å². The lowest BCUT2D eigenvalue weighted by Gasteiger charge is -2.25. The van der Waals surface area contributed by atoms with Gasteiger partial charge in [-0.25, -0.2) is 0 Å². The SMILES string of the molecule is CCC(CCCc1cc(C(F)(F)F)cc(C(F)(F)F)c1)CC(C)(N)C(=O)O. The molecule has 1 aromatic rings. The van der Waals surface area contributed by atoms with Crippen molar-refractivity contribution in [2.75, 3.05) is 0 Å². The number of aliphatic carboxylic acids is 1. The number of benzene rings is 1. The van der Waals surface area contributed by atoms with Gasteiger partial charge in [-0.15, -0.1) is 0 Å². The van der Waals surface area contributed by atoms with E-state index in [1.165, 1.54) is 6.92 Å². The Morgan fingerprint density at radius 3 is 1.93 bits per heavy atom. The maximum Gasteiger partial charge on any atom is 0.416 e. The summed E-state index contributed by atoms with van der Waals surface area (Å²) in [6, 6.07) is 1.55. The fourth-order valence-corrected chi connectivity index (χ4v) is 2.90. The first-order chi connectivity index (χ1) is 12.2. The third-order valence-corrected chi connectivity index (χ3v) is 4.50. The first-order valence-electron chi connectivity index (χ1n) is 8.47. The Morgan fingerprint density at radius 2 is 1.56 bits per heavy atom. The molecule has 3 nitrogen and oxygen atoms in total. The van der Waals surface area contributed by atoms with E-state index in [1.807, 2.05) is 6.92 Å². The monoisotopic (exact) mass is 399 g/mol. The second-order valence-electron chi connectivity index (χ2n) is 7.01. The lowest BCUT2D eigenvalue weighted by molar-refractivity contribution is -0.144. The lowest BCUT2D eigenvalue weighted by Crippen LogP contribution is -2.46. The van der Waals surface area contributed by atoms with Crippen LogP contribution in [0.1, 0.15) is 56.2 Å². The van der Waals surface area contributed by atoms with Gasteiger partial charge in [-0.05, 0) is 55.9 Å². The summed E-state index contributed by atoms with van der Waals surface area (Å²) >= 11 is 0. The molecule has 0 aromatic heterocycles. The Balaban J connectivity index is 2.88. The van der Waals surface area contributed by atoms with Gasteiger partial charge >= 0.3 is 18.3 Å². The lowest BCUT2D eigenvalue weighted by atomic mass is 9.85. The minimum Gasteiger partial charge on any atom is -0.480 e. The van der Waals surface area contributed by atoms with E-state index in [-0.39, 0.29) is 30.4 Å². The largest absolute Gasteiger partial charge is 0.480 e. The molecule has 1 aromatic carbocycles. The van der Waals surface area contributed by atoms with Gasteiger partial charge in [0.15, 0.2) is 0 Å². The number of carboxylic acids is 1.